The van der Waals surface area contributed by atoms with E-state index in [9.17, 15) is 9.18 Å². The van der Waals surface area contributed by atoms with E-state index in [1.54, 1.807) is 0 Å². The highest BCUT2D eigenvalue weighted by Gasteiger charge is 2.24. The maximum atomic E-state index is 13.6. The Bertz CT molecular complexity index is 1050. The molecule has 0 amide bonds. The van der Waals surface area contributed by atoms with Gasteiger partial charge in [-0.05, 0) is 37.6 Å². The number of nitrogens with zero attached hydrogens (tertiary/aromatic N) is 3. The predicted molar refractivity (Wildman–Crippen MR) is 114 cm³/mol. The zero-order valence-corrected chi connectivity index (χ0v) is 16.7. The Morgan fingerprint density at radius 3 is 2.66 bits per heavy atom. The Morgan fingerprint density at radius 2 is 1.93 bits per heavy atom. The average Bonchev–Trinajstić information content (AvgIpc) is 2.74. The van der Waals surface area contributed by atoms with Gasteiger partial charge >= 0.3 is 0 Å². The van der Waals surface area contributed by atoms with Crippen LogP contribution in [0.1, 0.15) is 18.2 Å². The van der Waals surface area contributed by atoms with Gasteiger partial charge in [0.25, 0.3) is 5.56 Å². The Hall–Kier alpha value is -2.99. The minimum atomic E-state index is -0.824. The standard InChI is InChI=1S/C23H25FN4O/c1-16-14-28(20-9-4-3-5-10-20)12-11-27(16)15-18-7-6-8-19(13-18)22-25-17(2)21(24)23(29)26-22/h3-10,13,16H,11-12,14-15H2,1-2H3,(H,25,26,29)/t16-/m1/s1. The van der Waals surface area contributed by atoms with E-state index in [0.717, 1.165) is 37.3 Å². The average molecular weight is 392 g/mol. The second-order valence-corrected chi connectivity index (χ2v) is 7.62. The van der Waals surface area contributed by atoms with Crippen molar-refractivity contribution in [3.8, 4) is 11.4 Å². The lowest BCUT2D eigenvalue weighted by atomic mass is 10.1. The van der Waals surface area contributed by atoms with Crippen LogP contribution in [0.4, 0.5) is 10.1 Å². The van der Waals surface area contributed by atoms with E-state index >= 15 is 0 Å². The van der Waals surface area contributed by atoms with Crippen molar-refractivity contribution in [1.82, 2.24) is 14.9 Å². The Kier molecular flexibility index (Phi) is 5.45. The first kappa shape index (κ1) is 19.3. The monoisotopic (exact) mass is 392 g/mol. The van der Waals surface area contributed by atoms with E-state index < -0.39 is 11.4 Å². The van der Waals surface area contributed by atoms with Crippen molar-refractivity contribution >= 4 is 5.69 Å². The molecule has 0 bridgehead atoms. The van der Waals surface area contributed by atoms with Crippen LogP contribution in [0.5, 0.6) is 0 Å². The number of aromatic nitrogens is 2. The zero-order chi connectivity index (χ0) is 20.4. The largest absolute Gasteiger partial charge is 0.369 e. The molecule has 0 saturated carbocycles. The summed E-state index contributed by atoms with van der Waals surface area (Å²) in [5.74, 6) is -0.423. The molecule has 1 fully saturated rings. The van der Waals surface area contributed by atoms with Crippen LogP contribution in [0, 0.1) is 12.7 Å². The van der Waals surface area contributed by atoms with E-state index in [1.165, 1.54) is 12.6 Å². The summed E-state index contributed by atoms with van der Waals surface area (Å²) >= 11 is 0. The lowest BCUT2D eigenvalue weighted by Crippen LogP contribution is -2.51. The molecule has 6 heteroatoms. The molecule has 150 valence electrons. The van der Waals surface area contributed by atoms with Crippen LogP contribution in [-0.4, -0.2) is 40.5 Å². The van der Waals surface area contributed by atoms with Gasteiger partial charge in [-0.25, -0.2) is 4.98 Å². The topological polar surface area (TPSA) is 52.2 Å². The molecule has 1 saturated heterocycles. The molecule has 1 N–H and O–H groups in total. The predicted octanol–water partition coefficient (Wildman–Crippen LogP) is 3.60. The third-order valence-electron chi connectivity index (χ3n) is 5.50. The van der Waals surface area contributed by atoms with Crippen LogP contribution in [0.3, 0.4) is 0 Å². The molecule has 1 aliphatic rings. The summed E-state index contributed by atoms with van der Waals surface area (Å²) in [7, 11) is 0. The summed E-state index contributed by atoms with van der Waals surface area (Å²) in [6.07, 6.45) is 0. The van der Waals surface area contributed by atoms with Crippen LogP contribution in [0.15, 0.2) is 59.4 Å². The van der Waals surface area contributed by atoms with Gasteiger partial charge in [-0.1, -0.05) is 36.4 Å². The van der Waals surface area contributed by atoms with Crippen molar-refractivity contribution in [1.29, 1.82) is 0 Å². The molecule has 1 atom stereocenters. The highest BCUT2D eigenvalue weighted by atomic mass is 19.1. The number of hydrogen-bond acceptors (Lipinski definition) is 4. The maximum Gasteiger partial charge on any atom is 0.287 e. The molecular weight excluding hydrogens is 367 g/mol. The molecule has 2 heterocycles. The number of anilines is 1. The molecule has 0 aliphatic carbocycles. The molecular formula is C23H25FN4O. The number of aromatic amines is 1. The second kappa shape index (κ2) is 8.17. The van der Waals surface area contributed by atoms with Crippen LogP contribution in [-0.2, 0) is 6.54 Å². The fourth-order valence-electron chi connectivity index (χ4n) is 3.86. The second-order valence-electron chi connectivity index (χ2n) is 7.62. The first-order chi connectivity index (χ1) is 14.0. The number of H-pyrrole nitrogens is 1. The molecule has 29 heavy (non-hydrogen) atoms. The van der Waals surface area contributed by atoms with E-state index in [1.807, 2.05) is 24.3 Å². The summed E-state index contributed by atoms with van der Waals surface area (Å²) in [6, 6.07) is 18.9. The minimum Gasteiger partial charge on any atom is -0.369 e. The molecule has 5 nitrogen and oxygen atoms in total. The first-order valence-electron chi connectivity index (χ1n) is 9.91. The van der Waals surface area contributed by atoms with Gasteiger partial charge in [0.1, 0.15) is 5.82 Å². The van der Waals surface area contributed by atoms with Crippen molar-refractivity contribution in [2.24, 2.45) is 0 Å². The molecule has 1 aliphatic heterocycles. The van der Waals surface area contributed by atoms with Gasteiger partial charge in [-0.2, -0.15) is 4.39 Å². The molecule has 1 aromatic heterocycles. The molecule has 0 unspecified atom stereocenters. The minimum absolute atomic E-state index is 0.111. The highest BCUT2D eigenvalue weighted by molar-refractivity contribution is 5.56. The number of halogens is 1. The van der Waals surface area contributed by atoms with Crippen LogP contribution in [0.2, 0.25) is 0 Å². The third kappa shape index (κ3) is 4.22. The Balaban J connectivity index is 1.48. The summed E-state index contributed by atoms with van der Waals surface area (Å²) < 4.78 is 13.6. The molecule has 2 aromatic carbocycles. The molecule has 4 rings (SSSR count). The number of nitrogens with one attached hydrogen (secondary N) is 1. The Morgan fingerprint density at radius 1 is 1.14 bits per heavy atom. The number of para-hydroxylation sites is 1. The van der Waals surface area contributed by atoms with E-state index in [2.05, 4.69) is 57.0 Å². The maximum absolute atomic E-state index is 13.6. The number of benzene rings is 2. The third-order valence-corrected chi connectivity index (χ3v) is 5.50. The highest BCUT2D eigenvalue weighted by Crippen LogP contribution is 2.22. The number of hydrogen-bond donors (Lipinski definition) is 1. The van der Waals surface area contributed by atoms with E-state index in [4.69, 9.17) is 0 Å². The van der Waals surface area contributed by atoms with E-state index in [-0.39, 0.29) is 5.69 Å². The van der Waals surface area contributed by atoms with Gasteiger partial charge in [0.15, 0.2) is 0 Å². The SMILES string of the molecule is Cc1nc(-c2cccc(CN3CCN(c4ccccc4)C[C@H]3C)c2)[nH]c(=O)c1F. The van der Waals surface area contributed by atoms with Gasteiger partial charge in [0.2, 0.25) is 5.82 Å². The van der Waals surface area contributed by atoms with Gasteiger partial charge < -0.3 is 9.88 Å². The summed E-state index contributed by atoms with van der Waals surface area (Å²) in [4.78, 5) is 23.4. The van der Waals surface area contributed by atoms with Crippen LogP contribution in [0.25, 0.3) is 11.4 Å². The zero-order valence-electron chi connectivity index (χ0n) is 16.7. The first-order valence-corrected chi connectivity index (χ1v) is 9.91. The van der Waals surface area contributed by atoms with Gasteiger partial charge in [0.05, 0.1) is 5.69 Å². The molecule has 0 radical (unpaired) electrons. The van der Waals surface area contributed by atoms with Crippen molar-refractivity contribution in [2.75, 3.05) is 24.5 Å². The van der Waals surface area contributed by atoms with Crippen molar-refractivity contribution in [3.05, 3.63) is 82.0 Å². The number of rotatable bonds is 4. The quantitative estimate of drug-likeness (QED) is 0.737. The summed E-state index contributed by atoms with van der Waals surface area (Å²) in [6.45, 7) is 7.52. The number of aryl methyl sites for hydroxylation is 1. The van der Waals surface area contributed by atoms with Gasteiger partial charge in [-0.3, -0.25) is 9.69 Å². The van der Waals surface area contributed by atoms with E-state index in [0.29, 0.717) is 11.9 Å². The van der Waals surface area contributed by atoms with Crippen molar-refractivity contribution in [2.45, 2.75) is 26.4 Å². The van der Waals surface area contributed by atoms with Crippen LogP contribution < -0.4 is 10.5 Å². The molecule has 0 spiro atoms. The van der Waals surface area contributed by atoms with Gasteiger partial charge in [0, 0.05) is 43.5 Å². The van der Waals surface area contributed by atoms with Crippen LogP contribution >= 0.6 is 0 Å². The fraction of sp³-hybridized carbons (Fsp3) is 0.304. The lowest BCUT2D eigenvalue weighted by molar-refractivity contribution is 0.181. The summed E-state index contributed by atoms with van der Waals surface area (Å²) in [5, 5.41) is 0. The summed E-state index contributed by atoms with van der Waals surface area (Å²) in [5.41, 5.74) is 2.58. The smallest absolute Gasteiger partial charge is 0.287 e. The number of piperazine rings is 1. The van der Waals surface area contributed by atoms with Crippen molar-refractivity contribution in [3.63, 3.8) is 0 Å². The fourth-order valence-corrected chi connectivity index (χ4v) is 3.86. The lowest BCUT2D eigenvalue weighted by Gasteiger charge is -2.41. The van der Waals surface area contributed by atoms with Gasteiger partial charge in [-0.15, -0.1) is 0 Å². The molecule has 3 aromatic rings. The normalized spacial score (nSPS) is 17.5. The van der Waals surface area contributed by atoms with Crippen molar-refractivity contribution < 1.29 is 4.39 Å². The Labute approximate surface area is 169 Å².